The Morgan fingerprint density at radius 3 is 2.41 bits per heavy atom. The Morgan fingerprint density at radius 2 is 1.68 bits per heavy atom. The quantitative estimate of drug-likeness (QED) is 0.249. The first-order valence-corrected chi connectivity index (χ1v) is 12.7. The summed E-state index contributed by atoms with van der Waals surface area (Å²) in [7, 11) is 0. The molecular weight excluding hydrogens is 485 g/mol. The standard InChI is InChI=1S/C29H24FN5OS/c1-19-7-12-24(17-20(19)2)32-28(36)23-10-8-21(9-11-23)18-37-29-34-33-27(22-13-15-31-16-14-22)35(29)26-6-4-3-5-25(26)30/h3-17H,18H2,1-2H3,(H,32,36). The number of para-hydroxylation sites is 1. The van der Waals surface area contributed by atoms with Crippen LogP contribution < -0.4 is 5.32 Å². The first kappa shape index (κ1) is 24.4. The van der Waals surface area contributed by atoms with Gasteiger partial charge in [-0.15, -0.1) is 10.2 Å². The average molecular weight is 510 g/mol. The number of nitrogens with one attached hydrogen (secondary N) is 1. The van der Waals surface area contributed by atoms with Crippen LogP contribution in [0.3, 0.4) is 0 Å². The summed E-state index contributed by atoms with van der Waals surface area (Å²) in [4.78, 5) is 16.8. The van der Waals surface area contributed by atoms with E-state index in [9.17, 15) is 9.18 Å². The molecule has 0 bridgehead atoms. The van der Waals surface area contributed by atoms with Crippen molar-refractivity contribution in [3.8, 4) is 17.1 Å². The Labute approximate surface area is 218 Å². The van der Waals surface area contributed by atoms with Crippen molar-refractivity contribution >= 4 is 23.4 Å². The molecule has 0 unspecified atom stereocenters. The Kier molecular flexibility index (Phi) is 7.09. The number of hydrogen-bond acceptors (Lipinski definition) is 5. The molecule has 2 aromatic heterocycles. The second kappa shape index (κ2) is 10.8. The molecule has 0 radical (unpaired) electrons. The fourth-order valence-electron chi connectivity index (χ4n) is 3.82. The Balaban J connectivity index is 1.34. The van der Waals surface area contributed by atoms with E-state index in [-0.39, 0.29) is 11.7 Å². The molecule has 0 atom stereocenters. The average Bonchev–Trinajstić information content (AvgIpc) is 3.34. The summed E-state index contributed by atoms with van der Waals surface area (Å²) in [5.74, 6) is 0.581. The van der Waals surface area contributed by atoms with Crippen LogP contribution in [-0.2, 0) is 5.75 Å². The van der Waals surface area contributed by atoms with E-state index in [1.165, 1.54) is 23.4 Å². The zero-order chi connectivity index (χ0) is 25.8. The number of benzene rings is 3. The van der Waals surface area contributed by atoms with Gasteiger partial charge in [0, 0.05) is 35.0 Å². The molecule has 0 aliphatic rings. The largest absolute Gasteiger partial charge is 0.322 e. The predicted molar refractivity (Wildman–Crippen MR) is 144 cm³/mol. The number of pyridine rings is 1. The third-order valence-electron chi connectivity index (χ3n) is 6.01. The lowest BCUT2D eigenvalue weighted by atomic mass is 10.1. The number of thioether (sulfide) groups is 1. The van der Waals surface area contributed by atoms with Crippen LogP contribution in [0.15, 0.2) is 96.4 Å². The van der Waals surface area contributed by atoms with Gasteiger partial charge in [-0.05, 0) is 79.1 Å². The van der Waals surface area contributed by atoms with Crippen LogP contribution in [-0.4, -0.2) is 25.7 Å². The van der Waals surface area contributed by atoms with Crippen molar-refractivity contribution in [2.24, 2.45) is 0 Å². The molecule has 184 valence electrons. The molecule has 5 aromatic rings. The van der Waals surface area contributed by atoms with Crippen LogP contribution in [0.5, 0.6) is 0 Å². The monoisotopic (exact) mass is 509 g/mol. The second-order valence-electron chi connectivity index (χ2n) is 8.57. The van der Waals surface area contributed by atoms with Gasteiger partial charge in [0.25, 0.3) is 5.91 Å². The highest BCUT2D eigenvalue weighted by Crippen LogP contribution is 2.30. The van der Waals surface area contributed by atoms with E-state index in [1.54, 1.807) is 47.3 Å². The maximum Gasteiger partial charge on any atom is 0.255 e. The lowest BCUT2D eigenvalue weighted by molar-refractivity contribution is 0.102. The molecule has 0 saturated carbocycles. The van der Waals surface area contributed by atoms with Gasteiger partial charge < -0.3 is 5.32 Å². The summed E-state index contributed by atoms with van der Waals surface area (Å²) < 4.78 is 16.5. The van der Waals surface area contributed by atoms with Gasteiger partial charge in [-0.2, -0.15) is 0 Å². The van der Waals surface area contributed by atoms with Crippen molar-refractivity contribution < 1.29 is 9.18 Å². The number of halogens is 1. The summed E-state index contributed by atoms with van der Waals surface area (Å²) >= 11 is 1.45. The van der Waals surface area contributed by atoms with Crippen molar-refractivity contribution in [2.75, 3.05) is 5.32 Å². The Hall–Kier alpha value is -4.30. The van der Waals surface area contributed by atoms with Gasteiger partial charge in [0.15, 0.2) is 11.0 Å². The molecule has 1 amide bonds. The number of carbonyl (C=O) groups is 1. The zero-order valence-electron chi connectivity index (χ0n) is 20.4. The highest BCUT2D eigenvalue weighted by molar-refractivity contribution is 7.98. The normalized spacial score (nSPS) is 10.9. The number of rotatable bonds is 7. The minimum absolute atomic E-state index is 0.163. The number of amides is 1. The molecule has 0 aliphatic heterocycles. The number of anilines is 1. The molecule has 37 heavy (non-hydrogen) atoms. The molecule has 1 N–H and O–H groups in total. The van der Waals surface area contributed by atoms with Crippen LogP contribution in [0.2, 0.25) is 0 Å². The van der Waals surface area contributed by atoms with Crippen molar-refractivity contribution in [3.63, 3.8) is 0 Å². The minimum Gasteiger partial charge on any atom is -0.322 e. The Bertz CT molecular complexity index is 1550. The predicted octanol–water partition coefficient (Wildman–Crippen LogP) is 6.63. The van der Waals surface area contributed by atoms with E-state index in [0.29, 0.717) is 28.0 Å². The third kappa shape index (κ3) is 5.44. The van der Waals surface area contributed by atoms with Gasteiger partial charge in [0.1, 0.15) is 5.82 Å². The van der Waals surface area contributed by atoms with E-state index < -0.39 is 0 Å². The lowest BCUT2D eigenvalue weighted by Gasteiger charge is -2.11. The molecule has 5 rings (SSSR count). The minimum atomic E-state index is -0.362. The summed E-state index contributed by atoms with van der Waals surface area (Å²) in [5, 5.41) is 12.2. The Morgan fingerprint density at radius 1 is 0.919 bits per heavy atom. The number of aryl methyl sites for hydroxylation is 2. The maximum absolute atomic E-state index is 14.8. The zero-order valence-corrected chi connectivity index (χ0v) is 21.2. The molecule has 0 fully saturated rings. The van der Waals surface area contributed by atoms with Crippen molar-refractivity contribution in [3.05, 3.63) is 119 Å². The van der Waals surface area contributed by atoms with Crippen LogP contribution >= 0.6 is 11.8 Å². The van der Waals surface area contributed by atoms with E-state index in [4.69, 9.17) is 0 Å². The summed E-state index contributed by atoms with van der Waals surface area (Å²) in [6.45, 7) is 4.06. The van der Waals surface area contributed by atoms with Crippen LogP contribution in [0.25, 0.3) is 17.1 Å². The molecule has 6 nitrogen and oxygen atoms in total. The molecule has 0 aliphatic carbocycles. The summed E-state index contributed by atoms with van der Waals surface area (Å²) in [6, 6.07) is 23.5. The van der Waals surface area contributed by atoms with Crippen molar-refractivity contribution in [1.29, 1.82) is 0 Å². The SMILES string of the molecule is Cc1ccc(NC(=O)c2ccc(CSc3nnc(-c4ccncc4)n3-c3ccccc3F)cc2)cc1C. The van der Waals surface area contributed by atoms with Crippen LogP contribution in [0.1, 0.15) is 27.0 Å². The van der Waals surface area contributed by atoms with Crippen LogP contribution in [0.4, 0.5) is 10.1 Å². The van der Waals surface area contributed by atoms with Gasteiger partial charge in [-0.1, -0.05) is 42.1 Å². The third-order valence-corrected chi connectivity index (χ3v) is 7.01. The van der Waals surface area contributed by atoms with E-state index in [2.05, 4.69) is 20.5 Å². The molecule has 0 saturated heterocycles. The first-order valence-electron chi connectivity index (χ1n) is 11.7. The topological polar surface area (TPSA) is 72.7 Å². The number of hydrogen-bond donors (Lipinski definition) is 1. The van der Waals surface area contributed by atoms with Gasteiger partial charge in [-0.3, -0.25) is 14.3 Å². The van der Waals surface area contributed by atoms with Gasteiger partial charge in [-0.25, -0.2) is 4.39 Å². The smallest absolute Gasteiger partial charge is 0.255 e. The van der Waals surface area contributed by atoms with Crippen molar-refractivity contribution in [2.45, 2.75) is 24.8 Å². The second-order valence-corrected chi connectivity index (χ2v) is 9.51. The van der Waals surface area contributed by atoms with Gasteiger partial charge in [0.05, 0.1) is 5.69 Å². The molecule has 0 spiro atoms. The first-order chi connectivity index (χ1) is 18.0. The maximum atomic E-state index is 14.8. The van der Waals surface area contributed by atoms with E-state index in [0.717, 1.165) is 22.4 Å². The fourth-order valence-corrected chi connectivity index (χ4v) is 4.72. The lowest BCUT2D eigenvalue weighted by Crippen LogP contribution is -2.12. The molecular formula is C29H24FN5OS. The van der Waals surface area contributed by atoms with Crippen LogP contribution in [0, 0.1) is 19.7 Å². The highest BCUT2D eigenvalue weighted by atomic mass is 32.2. The van der Waals surface area contributed by atoms with E-state index in [1.807, 2.05) is 56.3 Å². The van der Waals surface area contributed by atoms with E-state index >= 15 is 0 Å². The fraction of sp³-hybridized carbons (Fsp3) is 0.103. The molecule has 3 aromatic carbocycles. The van der Waals surface area contributed by atoms with Gasteiger partial charge in [0.2, 0.25) is 0 Å². The van der Waals surface area contributed by atoms with Gasteiger partial charge >= 0.3 is 0 Å². The number of carbonyl (C=O) groups excluding carboxylic acids is 1. The van der Waals surface area contributed by atoms with Crippen molar-refractivity contribution in [1.82, 2.24) is 19.7 Å². The summed E-state index contributed by atoms with van der Waals surface area (Å²) in [6.07, 6.45) is 3.33. The summed E-state index contributed by atoms with van der Waals surface area (Å²) in [5.41, 5.74) is 5.81. The number of nitrogens with zero attached hydrogens (tertiary/aromatic N) is 4. The number of aromatic nitrogens is 4. The molecule has 8 heteroatoms. The highest BCUT2D eigenvalue weighted by Gasteiger charge is 2.18. The molecule has 2 heterocycles.